The van der Waals surface area contributed by atoms with Crippen LogP contribution in [0.3, 0.4) is 0 Å². The van der Waals surface area contributed by atoms with Crippen LogP contribution in [-0.4, -0.2) is 54.1 Å². The van der Waals surface area contributed by atoms with Crippen LogP contribution in [0.15, 0.2) is 12.4 Å². The number of aliphatic hydroxyl groups is 1. The summed E-state index contributed by atoms with van der Waals surface area (Å²) >= 11 is 0. The van der Waals surface area contributed by atoms with Gasteiger partial charge in [0.1, 0.15) is 18.5 Å². The highest BCUT2D eigenvalue weighted by molar-refractivity contribution is 5.96. The number of amides is 1. The van der Waals surface area contributed by atoms with Crippen molar-refractivity contribution in [3.05, 3.63) is 35.2 Å². The average Bonchev–Trinajstić information content (AvgIpc) is 3.17. The first-order chi connectivity index (χ1) is 12.8. The monoisotopic (exact) mass is 373 g/mol. The summed E-state index contributed by atoms with van der Waals surface area (Å²) in [5.41, 5.74) is 1.98. The molecule has 0 radical (unpaired) electrons. The lowest BCUT2D eigenvalue weighted by atomic mass is 9.90. The average molecular weight is 373 g/mol. The Morgan fingerprint density at radius 3 is 2.48 bits per heavy atom. The van der Waals surface area contributed by atoms with Crippen LogP contribution in [0.5, 0.6) is 0 Å². The predicted molar refractivity (Wildman–Crippen MR) is 99.2 cm³/mol. The van der Waals surface area contributed by atoms with Gasteiger partial charge in [0.05, 0.1) is 11.3 Å². The summed E-state index contributed by atoms with van der Waals surface area (Å²) in [7, 11) is 1.87. The molecular weight excluding hydrogens is 346 g/mol. The lowest BCUT2D eigenvalue weighted by molar-refractivity contribution is -0.134. The molecule has 0 aromatic carbocycles. The predicted octanol–water partition coefficient (Wildman–Crippen LogP) is 1.41. The summed E-state index contributed by atoms with van der Waals surface area (Å²) < 4.78 is 3.45. The van der Waals surface area contributed by atoms with Crippen molar-refractivity contribution in [3.8, 4) is 0 Å². The van der Waals surface area contributed by atoms with Gasteiger partial charge in [-0.15, -0.1) is 0 Å². The summed E-state index contributed by atoms with van der Waals surface area (Å²) in [6.45, 7) is 6.45. The van der Waals surface area contributed by atoms with Crippen LogP contribution in [0.4, 0.5) is 0 Å². The van der Waals surface area contributed by atoms with E-state index in [1.54, 1.807) is 17.8 Å². The van der Waals surface area contributed by atoms with E-state index >= 15 is 0 Å². The zero-order valence-electron chi connectivity index (χ0n) is 16.3. The molecule has 0 bridgehead atoms. The maximum absolute atomic E-state index is 12.7. The fraction of sp³-hybridized carbons (Fsp3) is 0.579. The summed E-state index contributed by atoms with van der Waals surface area (Å²) in [6.07, 6.45) is 4.35. The largest absolute Gasteiger partial charge is 0.385 e. The number of nitrogens with zero attached hydrogens (tertiary/aromatic N) is 5. The molecule has 0 saturated carbocycles. The molecule has 1 amide bonds. The van der Waals surface area contributed by atoms with Crippen molar-refractivity contribution in [3.63, 3.8) is 0 Å². The van der Waals surface area contributed by atoms with E-state index in [4.69, 9.17) is 0 Å². The molecule has 1 unspecified atom stereocenters. The number of piperidine rings is 1. The Labute approximate surface area is 158 Å². The van der Waals surface area contributed by atoms with Crippen molar-refractivity contribution in [2.24, 2.45) is 13.0 Å². The van der Waals surface area contributed by atoms with Gasteiger partial charge in [0, 0.05) is 38.2 Å². The lowest BCUT2D eigenvalue weighted by Gasteiger charge is -2.34. The molecular formula is C19H27N5O3. The standard InChI is InChI=1S/C19H27N5O3/c1-12-17(14(3)25)13(2)24(21-12)11-16(26)23-8-5-15(6-9-23)18(27)19-20-7-10-22(19)4/h7,10,15,18,27H,5-6,8-9,11H2,1-4H3. The van der Waals surface area contributed by atoms with E-state index in [9.17, 15) is 14.7 Å². The van der Waals surface area contributed by atoms with Crippen molar-refractivity contribution in [2.75, 3.05) is 13.1 Å². The maximum atomic E-state index is 12.7. The third kappa shape index (κ3) is 3.80. The Bertz CT molecular complexity index is 846. The van der Waals surface area contributed by atoms with Gasteiger partial charge in [-0.3, -0.25) is 14.3 Å². The van der Waals surface area contributed by atoms with Crippen LogP contribution in [0, 0.1) is 19.8 Å². The number of likely N-dealkylation sites (tertiary alicyclic amines) is 1. The Hall–Kier alpha value is -2.48. The number of aromatic nitrogens is 4. The number of Topliss-reactive ketones (excluding diaryl/α,β-unsaturated/α-hetero) is 1. The van der Waals surface area contributed by atoms with Crippen molar-refractivity contribution in [2.45, 2.75) is 46.3 Å². The number of hydrogen-bond donors (Lipinski definition) is 1. The zero-order valence-corrected chi connectivity index (χ0v) is 16.3. The van der Waals surface area contributed by atoms with Gasteiger partial charge >= 0.3 is 0 Å². The first-order valence-corrected chi connectivity index (χ1v) is 9.27. The third-order valence-electron chi connectivity index (χ3n) is 5.48. The number of ketones is 1. The first-order valence-electron chi connectivity index (χ1n) is 9.27. The first kappa shape index (κ1) is 19.3. The molecule has 27 heavy (non-hydrogen) atoms. The summed E-state index contributed by atoms with van der Waals surface area (Å²) in [6, 6.07) is 0. The van der Waals surface area contributed by atoms with Gasteiger partial charge in [0.15, 0.2) is 5.78 Å². The van der Waals surface area contributed by atoms with Gasteiger partial charge in [-0.2, -0.15) is 5.10 Å². The molecule has 2 aromatic heterocycles. The summed E-state index contributed by atoms with van der Waals surface area (Å²) in [5.74, 6) is 0.709. The van der Waals surface area contributed by atoms with Crippen LogP contribution < -0.4 is 0 Å². The molecule has 3 rings (SSSR count). The molecule has 1 fully saturated rings. The second-order valence-corrected chi connectivity index (χ2v) is 7.32. The normalized spacial score (nSPS) is 16.6. The number of hydrogen-bond acceptors (Lipinski definition) is 5. The highest BCUT2D eigenvalue weighted by atomic mass is 16.3. The number of carbonyl (C=O) groups is 2. The molecule has 1 atom stereocenters. The Balaban J connectivity index is 1.60. The van der Waals surface area contributed by atoms with E-state index in [1.807, 2.05) is 29.6 Å². The Morgan fingerprint density at radius 1 is 1.30 bits per heavy atom. The minimum absolute atomic E-state index is 0.0133. The molecule has 0 aliphatic carbocycles. The Kier molecular flexibility index (Phi) is 5.46. The fourth-order valence-corrected chi connectivity index (χ4v) is 3.93. The van der Waals surface area contributed by atoms with Crippen molar-refractivity contribution in [1.82, 2.24) is 24.2 Å². The quantitative estimate of drug-likeness (QED) is 0.800. The highest BCUT2D eigenvalue weighted by Crippen LogP contribution is 2.29. The van der Waals surface area contributed by atoms with Gasteiger partial charge in [0.2, 0.25) is 5.91 Å². The number of carbonyl (C=O) groups excluding carboxylic acids is 2. The number of aliphatic hydroxyl groups excluding tert-OH is 1. The van der Waals surface area contributed by atoms with Gasteiger partial charge in [0.25, 0.3) is 0 Å². The summed E-state index contributed by atoms with van der Waals surface area (Å²) in [4.78, 5) is 30.4. The van der Waals surface area contributed by atoms with Crippen molar-refractivity contribution >= 4 is 11.7 Å². The van der Waals surface area contributed by atoms with Gasteiger partial charge in [-0.1, -0.05) is 0 Å². The Morgan fingerprint density at radius 2 is 1.96 bits per heavy atom. The maximum Gasteiger partial charge on any atom is 0.244 e. The van der Waals surface area contributed by atoms with Crippen LogP contribution in [-0.2, 0) is 18.4 Å². The van der Waals surface area contributed by atoms with Crippen molar-refractivity contribution < 1.29 is 14.7 Å². The number of rotatable bonds is 5. The molecule has 2 aromatic rings. The molecule has 1 aliphatic rings. The minimum atomic E-state index is -0.614. The molecule has 1 saturated heterocycles. The van der Waals surface area contributed by atoms with Crippen LogP contribution in [0.25, 0.3) is 0 Å². The smallest absolute Gasteiger partial charge is 0.244 e. The SMILES string of the molecule is CC(=O)c1c(C)nn(CC(=O)N2CCC(C(O)c3nccn3C)CC2)c1C. The molecule has 1 aliphatic heterocycles. The third-order valence-corrected chi connectivity index (χ3v) is 5.48. The minimum Gasteiger partial charge on any atom is -0.385 e. The van der Waals surface area contributed by atoms with Gasteiger partial charge in [-0.05, 0) is 39.5 Å². The van der Waals surface area contributed by atoms with E-state index in [1.165, 1.54) is 6.92 Å². The van der Waals surface area contributed by atoms with Gasteiger partial charge < -0.3 is 14.6 Å². The van der Waals surface area contributed by atoms with E-state index in [0.717, 1.165) is 18.5 Å². The van der Waals surface area contributed by atoms with E-state index in [-0.39, 0.29) is 24.2 Å². The van der Waals surface area contributed by atoms with E-state index < -0.39 is 6.10 Å². The van der Waals surface area contributed by atoms with Crippen LogP contribution in [0.1, 0.15) is 53.4 Å². The van der Waals surface area contributed by atoms with Crippen LogP contribution in [0.2, 0.25) is 0 Å². The fourth-order valence-electron chi connectivity index (χ4n) is 3.93. The number of imidazole rings is 1. The lowest BCUT2D eigenvalue weighted by Crippen LogP contribution is -2.41. The van der Waals surface area contributed by atoms with Crippen molar-refractivity contribution in [1.29, 1.82) is 0 Å². The van der Waals surface area contributed by atoms with Gasteiger partial charge in [-0.25, -0.2) is 4.98 Å². The zero-order chi connectivity index (χ0) is 19.7. The molecule has 8 heteroatoms. The highest BCUT2D eigenvalue weighted by Gasteiger charge is 2.30. The molecule has 8 nitrogen and oxygen atoms in total. The van der Waals surface area contributed by atoms with E-state index in [0.29, 0.717) is 30.2 Å². The topological polar surface area (TPSA) is 93.2 Å². The molecule has 146 valence electrons. The van der Waals surface area contributed by atoms with Crippen LogP contribution >= 0.6 is 0 Å². The summed E-state index contributed by atoms with van der Waals surface area (Å²) in [5, 5.41) is 14.9. The molecule has 1 N–H and O–H groups in total. The number of aryl methyl sites for hydroxylation is 2. The molecule has 3 heterocycles. The second-order valence-electron chi connectivity index (χ2n) is 7.32. The van der Waals surface area contributed by atoms with E-state index in [2.05, 4.69) is 10.1 Å². The second kappa shape index (κ2) is 7.64. The molecule has 0 spiro atoms.